The number of aryl methyl sites for hydroxylation is 1. The van der Waals surface area contributed by atoms with Crippen molar-refractivity contribution < 1.29 is 9.90 Å². The summed E-state index contributed by atoms with van der Waals surface area (Å²) in [5.41, 5.74) is 7.96. The van der Waals surface area contributed by atoms with Crippen LogP contribution in [0.3, 0.4) is 0 Å². The standard InChI is InChI=1S/C14H13BrN2O2/c1-8-5-6-9(7-12(8)18)17-14(19)10-3-2-4-11(16)13(10)15/h2-7,18H,16H2,1H3,(H,17,19). The third-order valence-electron chi connectivity index (χ3n) is 2.74. The maximum atomic E-state index is 12.1. The van der Waals surface area contributed by atoms with Crippen molar-refractivity contribution >= 4 is 33.2 Å². The second-order valence-electron chi connectivity index (χ2n) is 4.16. The predicted molar refractivity (Wildman–Crippen MR) is 79.4 cm³/mol. The molecule has 2 aromatic carbocycles. The number of nitrogens with two attached hydrogens (primary N) is 1. The van der Waals surface area contributed by atoms with Crippen LogP contribution in [0.15, 0.2) is 40.9 Å². The van der Waals surface area contributed by atoms with Crippen molar-refractivity contribution in [3.63, 3.8) is 0 Å². The van der Waals surface area contributed by atoms with Gasteiger partial charge in [0.05, 0.1) is 10.0 Å². The van der Waals surface area contributed by atoms with Crippen LogP contribution >= 0.6 is 15.9 Å². The zero-order chi connectivity index (χ0) is 14.0. The molecule has 0 fully saturated rings. The van der Waals surface area contributed by atoms with Crippen LogP contribution in [0.25, 0.3) is 0 Å². The first-order chi connectivity index (χ1) is 8.99. The van der Waals surface area contributed by atoms with Crippen LogP contribution in [0.5, 0.6) is 5.75 Å². The second kappa shape index (κ2) is 5.32. The molecule has 4 N–H and O–H groups in total. The summed E-state index contributed by atoms with van der Waals surface area (Å²) in [4.78, 5) is 12.1. The lowest BCUT2D eigenvalue weighted by Crippen LogP contribution is -2.13. The van der Waals surface area contributed by atoms with Crippen LogP contribution in [0.2, 0.25) is 0 Å². The van der Waals surface area contributed by atoms with Gasteiger partial charge in [0.15, 0.2) is 0 Å². The van der Waals surface area contributed by atoms with Crippen LogP contribution in [0.4, 0.5) is 11.4 Å². The van der Waals surface area contributed by atoms with Crippen LogP contribution in [-0.2, 0) is 0 Å². The largest absolute Gasteiger partial charge is 0.508 e. The van der Waals surface area contributed by atoms with Gasteiger partial charge in [0, 0.05) is 17.4 Å². The monoisotopic (exact) mass is 320 g/mol. The van der Waals surface area contributed by atoms with E-state index in [4.69, 9.17) is 5.73 Å². The van der Waals surface area contributed by atoms with Crippen molar-refractivity contribution in [2.24, 2.45) is 0 Å². The number of benzene rings is 2. The topological polar surface area (TPSA) is 75.4 Å². The van der Waals surface area contributed by atoms with Crippen molar-refractivity contribution in [3.8, 4) is 5.75 Å². The van der Waals surface area contributed by atoms with Crippen molar-refractivity contribution in [3.05, 3.63) is 52.0 Å². The minimum atomic E-state index is -0.289. The second-order valence-corrected chi connectivity index (χ2v) is 4.96. The number of halogens is 1. The smallest absolute Gasteiger partial charge is 0.256 e. The number of phenols is 1. The fraction of sp³-hybridized carbons (Fsp3) is 0.0714. The van der Waals surface area contributed by atoms with Gasteiger partial charge in [-0.05, 0) is 46.6 Å². The zero-order valence-electron chi connectivity index (χ0n) is 10.3. The number of hydrogen-bond acceptors (Lipinski definition) is 3. The van der Waals surface area contributed by atoms with E-state index in [1.807, 2.05) is 0 Å². The number of rotatable bonds is 2. The van der Waals surface area contributed by atoms with Crippen molar-refractivity contribution in [2.45, 2.75) is 6.92 Å². The third-order valence-corrected chi connectivity index (χ3v) is 3.63. The molecular weight excluding hydrogens is 308 g/mol. The van der Waals surface area contributed by atoms with Gasteiger partial charge in [-0.1, -0.05) is 12.1 Å². The molecule has 1 amide bonds. The number of aromatic hydroxyl groups is 1. The summed E-state index contributed by atoms with van der Waals surface area (Å²) in [5, 5.41) is 12.3. The molecule has 0 bridgehead atoms. The maximum absolute atomic E-state index is 12.1. The lowest BCUT2D eigenvalue weighted by Gasteiger charge is -2.09. The minimum absolute atomic E-state index is 0.143. The summed E-state index contributed by atoms with van der Waals surface area (Å²) >= 11 is 3.29. The van der Waals surface area contributed by atoms with E-state index in [1.165, 1.54) is 6.07 Å². The van der Waals surface area contributed by atoms with E-state index in [1.54, 1.807) is 37.3 Å². The van der Waals surface area contributed by atoms with Crippen LogP contribution in [-0.4, -0.2) is 11.0 Å². The highest BCUT2D eigenvalue weighted by molar-refractivity contribution is 9.10. The van der Waals surface area contributed by atoms with Crippen LogP contribution in [0, 0.1) is 6.92 Å². The Kier molecular flexibility index (Phi) is 3.76. The molecule has 4 nitrogen and oxygen atoms in total. The predicted octanol–water partition coefficient (Wildman–Crippen LogP) is 3.30. The average molecular weight is 321 g/mol. The van der Waals surface area contributed by atoms with Crippen molar-refractivity contribution in [1.29, 1.82) is 0 Å². The molecular formula is C14H13BrN2O2. The Morgan fingerprint density at radius 1 is 1.32 bits per heavy atom. The molecule has 0 unspecified atom stereocenters. The highest BCUT2D eigenvalue weighted by Crippen LogP contribution is 2.26. The Labute approximate surface area is 119 Å². The first-order valence-corrected chi connectivity index (χ1v) is 6.43. The molecule has 0 saturated heterocycles. The SMILES string of the molecule is Cc1ccc(NC(=O)c2cccc(N)c2Br)cc1O. The number of nitrogen functional groups attached to an aromatic ring is 1. The van der Waals surface area contributed by atoms with Gasteiger partial charge in [-0.15, -0.1) is 0 Å². The molecule has 19 heavy (non-hydrogen) atoms. The molecule has 0 atom stereocenters. The summed E-state index contributed by atoms with van der Waals surface area (Å²) in [5.74, 6) is -0.146. The van der Waals surface area contributed by atoms with Gasteiger partial charge in [0.2, 0.25) is 0 Å². The number of anilines is 2. The third kappa shape index (κ3) is 2.88. The van der Waals surface area contributed by atoms with E-state index in [2.05, 4.69) is 21.2 Å². The van der Waals surface area contributed by atoms with E-state index in [0.717, 1.165) is 5.56 Å². The minimum Gasteiger partial charge on any atom is -0.508 e. The van der Waals surface area contributed by atoms with E-state index >= 15 is 0 Å². The Hall–Kier alpha value is -2.01. The fourth-order valence-electron chi connectivity index (χ4n) is 1.61. The maximum Gasteiger partial charge on any atom is 0.256 e. The van der Waals surface area contributed by atoms with Crippen molar-refractivity contribution in [2.75, 3.05) is 11.1 Å². The molecule has 0 aliphatic carbocycles. The van der Waals surface area contributed by atoms with Gasteiger partial charge in [0.25, 0.3) is 5.91 Å². The average Bonchev–Trinajstić information content (AvgIpc) is 2.37. The Morgan fingerprint density at radius 3 is 2.74 bits per heavy atom. The number of hydrogen-bond donors (Lipinski definition) is 3. The summed E-state index contributed by atoms with van der Waals surface area (Å²) < 4.78 is 0.559. The van der Waals surface area contributed by atoms with Gasteiger partial charge < -0.3 is 16.2 Å². The Balaban J connectivity index is 2.26. The first-order valence-electron chi connectivity index (χ1n) is 5.64. The summed E-state index contributed by atoms with van der Waals surface area (Å²) in [6.07, 6.45) is 0. The fourth-order valence-corrected chi connectivity index (χ4v) is 2.06. The first kappa shape index (κ1) is 13.4. The molecule has 0 spiro atoms. The van der Waals surface area contributed by atoms with Crippen molar-refractivity contribution in [1.82, 2.24) is 0 Å². The Morgan fingerprint density at radius 2 is 2.05 bits per heavy atom. The molecule has 0 heterocycles. The zero-order valence-corrected chi connectivity index (χ0v) is 11.9. The molecule has 0 aromatic heterocycles. The van der Waals surface area contributed by atoms with E-state index in [9.17, 15) is 9.90 Å². The molecule has 5 heteroatoms. The molecule has 0 aliphatic rings. The van der Waals surface area contributed by atoms with E-state index in [0.29, 0.717) is 21.4 Å². The lowest BCUT2D eigenvalue weighted by atomic mass is 10.1. The van der Waals surface area contributed by atoms with Gasteiger partial charge in [-0.25, -0.2) is 0 Å². The van der Waals surface area contributed by atoms with Crippen LogP contribution < -0.4 is 11.1 Å². The number of amides is 1. The molecule has 0 aliphatic heterocycles. The number of carbonyl (C=O) groups excluding carboxylic acids is 1. The molecule has 98 valence electrons. The molecule has 0 radical (unpaired) electrons. The quantitative estimate of drug-likeness (QED) is 0.743. The summed E-state index contributed by atoms with van der Waals surface area (Å²) in [7, 11) is 0. The normalized spacial score (nSPS) is 10.2. The lowest BCUT2D eigenvalue weighted by molar-refractivity contribution is 0.102. The van der Waals surface area contributed by atoms with E-state index in [-0.39, 0.29) is 11.7 Å². The van der Waals surface area contributed by atoms with E-state index < -0.39 is 0 Å². The highest BCUT2D eigenvalue weighted by atomic mass is 79.9. The van der Waals surface area contributed by atoms with Gasteiger partial charge in [-0.2, -0.15) is 0 Å². The van der Waals surface area contributed by atoms with Gasteiger partial charge >= 0.3 is 0 Å². The molecule has 2 aromatic rings. The number of phenolic OH excluding ortho intramolecular Hbond substituents is 1. The van der Waals surface area contributed by atoms with Gasteiger partial charge in [-0.3, -0.25) is 4.79 Å². The highest BCUT2D eigenvalue weighted by Gasteiger charge is 2.12. The molecule has 2 rings (SSSR count). The van der Waals surface area contributed by atoms with Crippen LogP contribution in [0.1, 0.15) is 15.9 Å². The van der Waals surface area contributed by atoms with Gasteiger partial charge in [0.1, 0.15) is 5.75 Å². The Bertz CT molecular complexity index is 641. The number of carbonyl (C=O) groups is 1. The number of nitrogens with one attached hydrogen (secondary N) is 1. The summed E-state index contributed by atoms with van der Waals surface area (Å²) in [6, 6.07) is 10.1. The summed E-state index contributed by atoms with van der Waals surface area (Å²) in [6.45, 7) is 1.79. The molecule has 0 saturated carbocycles.